The lowest BCUT2D eigenvalue weighted by molar-refractivity contribution is -0.142. The SMILES string of the molecule is CC[C@H](C)[C@H](NC(=O)CCC(=O)OC)C(=O)N[C@H](C(=O)N[C@@H](Cc1c[nH]c2ccccc12)C(=O)NOCc1ccccc1)[C@@H](C)CC. The average Bonchev–Trinajstić information content (AvgIpc) is 3.50. The maximum absolute atomic E-state index is 13.9. The third kappa shape index (κ3) is 11.0. The highest BCUT2D eigenvalue weighted by Crippen LogP contribution is 2.20. The number of nitrogens with one attached hydrogen (secondary N) is 5. The molecular weight excluding hydrogens is 602 g/mol. The molecule has 47 heavy (non-hydrogen) atoms. The lowest BCUT2D eigenvalue weighted by atomic mass is 9.94. The third-order valence-corrected chi connectivity index (χ3v) is 8.38. The standard InChI is InChI=1S/C35H47N5O7/c1-6-22(3)31(38-29(41)17-18-30(42)46-5)35(45)39-32(23(4)7-2)34(44)37-28(19-25-20-36-27-16-12-11-15-26(25)27)33(43)40-47-21-24-13-9-8-10-14-24/h8-16,20,22-23,28,31-32,36H,6-7,17-19,21H2,1-5H3,(H,37,44)(H,38,41)(H,39,45)(H,40,43)/t22-,23-,28-,31-,32-/m0/s1. The molecule has 0 unspecified atom stereocenters. The average molecular weight is 650 g/mol. The highest BCUT2D eigenvalue weighted by Gasteiger charge is 2.34. The Morgan fingerprint density at radius 2 is 1.38 bits per heavy atom. The van der Waals surface area contributed by atoms with E-state index in [1.807, 2.05) is 82.3 Å². The van der Waals surface area contributed by atoms with E-state index in [1.54, 1.807) is 6.20 Å². The highest BCUT2D eigenvalue weighted by molar-refractivity contribution is 5.95. The maximum Gasteiger partial charge on any atom is 0.306 e. The molecule has 2 aromatic carbocycles. The number of hydrogen-bond acceptors (Lipinski definition) is 7. The van der Waals surface area contributed by atoms with Crippen LogP contribution in [0.3, 0.4) is 0 Å². The molecule has 0 aliphatic heterocycles. The van der Waals surface area contributed by atoms with Crippen molar-refractivity contribution in [3.8, 4) is 0 Å². The number of fused-ring (bicyclic) bond motifs is 1. The molecule has 0 aliphatic carbocycles. The number of rotatable bonds is 18. The van der Waals surface area contributed by atoms with Gasteiger partial charge in [0, 0.05) is 29.9 Å². The molecule has 12 nitrogen and oxygen atoms in total. The number of aromatic nitrogens is 1. The molecule has 5 N–H and O–H groups in total. The van der Waals surface area contributed by atoms with E-state index in [4.69, 9.17) is 4.84 Å². The van der Waals surface area contributed by atoms with Gasteiger partial charge in [0.15, 0.2) is 0 Å². The van der Waals surface area contributed by atoms with Crippen molar-refractivity contribution in [2.45, 2.75) is 84.5 Å². The summed E-state index contributed by atoms with van der Waals surface area (Å²) in [5, 5.41) is 9.32. The van der Waals surface area contributed by atoms with Gasteiger partial charge in [-0.3, -0.25) is 28.8 Å². The molecule has 0 spiro atoms. The van der Waals surface area contributed by atoms with Crippen molar-refractivity contribution in [1.82, 2.24) is 26.4 Å². The van der Waals surface area contributed by atoms with Crippen LogP contribution in [0.25, 0.3) is 10.9 Å². The molecule has 12 heteroatoms. The lowest BCUT2D eigenvalue weighted by Gasteiger charge is -2.30. The zero-order valence-corrected chi connectivity index (χ0v) is 27.8. The van der Waals surface area contributed by atoms with Crippen molar-refractivity contribution in [3.05, 3.63) is 71.9 Å². The second kappa shape index (κ2) is 18.4. The lowest BCUT2D eigenvalue weighted by Crippen LogP contribution is -2.59. The minimum atomic E-state index is -1.04. The molecule has 254 valence electrons. The first-order valence-corrected chi connectivity index (χ1v) is 16.0. The molecule has 1 heterocycles. The second-order valence-electron chi connectivity index (χ2n) is 11.7. The Morgan fingerprint density at radius 3 is 2.04 bits per heavy atom. The van der Waals surface area contributed by atoms with E-state index in [-0.39, 0.29) is 37.7 Å². The van der Waals surface area contributed by atoms with Crippen molar-refractivity contribution < 1.29 is 33.5 Å². The van der Waals surface area contributed by atoms with Gasteiger partial charge in [0.25, 0.3) is 5.91 Å². The van der Waals surface area contributed by atoms with Gasteiger partial charge in [0.2, 0.25) is 17.7 Å². The van der Waals surface area contributed by atoms with Crippen molar-refractivity contribution in [2.24, 2.45) is 11.8 Å². The van der Waals surface area contributed by atoms with Gasteiger partial charge in [-0.15, -0.1) is 0 Å². The number of H-pyrrole nitrogens is 1. The first-order chi connectivity index (χ1) is 22.6. The number of amides is 4. The molecule has 1 aromatic heterocycles. The maximum atomic E-state index is 13.9. The molecule has 0 saturated heterocycles. The Morgan fingerprint density at radius 1 is 0.766 bits per heavy atom. The first kappa shape index (κ1) is 36.8. The Kier molecular flexibility index (Phi) is 14.4. The van der Waals surface area contributed by atoms with Crippen LogP contribution >= 0.6 is 0 Å². The molecule has 4 amide bonds. The van der Waals surface area contributed by atoms with Gasteiger partial charge in [-0.1, -0.05) is 89.1 Å². The fourth-order valence-electron chi connectivity index (χ4n) is 5.04. The summed E-state index contributed by atoms with van der Waals surface area (Å²) in [7, 11) is 1.24. The molecule has 5 atom stereocenters. The predicted molar refractivity (Wildman–Crippen MR) is 177 cm³/mol. The van der Waals surface area contributed by atoms with Crippen LogP contribution in [0.15, 0.2) is 60.8 Å². The quantitative estimate of drug-likeness (QED) is 0.104. The minimum Gasteiger partial charge on any atom is -0.469 e. The zero-order chi connectivity index (χ0) is 34.3. The summed E-state index contributed by atoms with van der Waals surface area (Å²) < 4.78 is 4.60. The topological polar surface area (TPSA) is 168 Å². The number of hydroxylamine groups is 1. The zero-order valence-electron chi connectivity index (χ0n) is 27.8. The second-order valence-corrected chi connectivity index (χ2v) is 11.7. The van der Waals surface area contributed by atoms with Crippen molar-refractivity contribution in [1.29, 1.82) is 0 Å². The van der Waals surface area contributed by atoms with Crippen LogP contribution in [0.5, 0.6) is 0 Å². The van der Waals surface area contributed by atoms with Crippen LogP contribution in [0.1, 0.15) is 64.5 Å². The van der Waals surface area contributed by atoms with Gasteiger partial charge in [-0.2, -0.15) is 0 Å². The number of para-hydroxylation sites is 1. The summed E-state index contributed by atoms with van der Waals surface area (Å²) in [4.78, 5) is 73.8. The van der Waals surface area contributed by atoms with Gasteiger partial charge in [0.1, 0.15) is 18.1 Å². The Balaban J connectivity index is 1.79. The van der Waals surface area contributed by atoms with Crippen LogP contribution in [0.4, 0.5) is 0 Å². The van der Waals surface area contributed by atoms with Gasteiger partial charge >= 0.3 is 5.97 Å². The van der Waals surface area contributed by atoms with E-state index >= 15 is 0 Å². The number of esters is 1. The molecule has 0 bridgehead atoms. The summed E-state index contributed by atoms with van der Waals surface area (Å²) in [5.41, 5.74) is 5.04. The number of carbonyl (C=O) groups excluding carboxylic acids is 5. The number of methoxy groups -OCH3 is 1. The van der Waals surface area contributed by atoms with E-state index in [0.29, 0.717) is 12.8 Å². The summed E-state index contributed by atoms with van der Waals surface area (Å²) >= 11 is 0. The monoisotopic (exact) mass is 649 g/mol. The molecule has 0 radical (unpaired) electrons. The smallest absolute Gasteiger partial charge is 0.306 e. The van der Waals surface area contributed by atoms with Crippen LogP contribution in [0.2, 0.25) is 0 Å². The normalized spacial score (nSPS) is 14.2. The molecular formula is C35H47N5O7. The van der Waals surface area contributed by atoms with Gasteiger partial charge in [-0.25, -0.2) is 5.48 Å². The number of hydrogen-bond donors (Lipinski definition) is 5. The third-order valence-electron chi connectivity index (χ3n) is 8.38. The highest BCUT2D eigenvalue weighted by atomic mass is 16.6. The van der Waals surface area contributed by atoms with Crippen molar-refractivity contribution >= 4 is 40.5 Å². The molecule has 0 fully saturated rings. The summed E-state index contributed by atoms with van der Waals surface area (Å²) in [6.07, 6.45) is 2.82. The largest absolute Gasteiger partial charge is 0.469 e. The van der Waals surface area contributed by atoms with E-state index < -0.39 is 47.7 Å². The molecule has 0 aliphatic rings. The van der Waals surface area contributed by atoms with Gasteiger partial charge in [-0.05, 0) is 29.0 Å². The van der Waals surface area contributed by atoms with E-state index in [2.05, 4.69) is 31.2 Å². The molecule has 0 saturated carbocycles. The molecule has 3 rings (SSSR count). The Hall–Kier alpha value is -4.71. The predicted octanol–water partition coefficient (Wildman–Crippen LogP) is 3.46. The van der Waals surface area contributed by atoms with Crippen LogP contribution < -0.4 is 21.4 Å². The van der Waals surface area contributed by atoms with Crippen LogP contribution in [-0.4, -0.2) is 59.8 Å². The van der Waals surface area contributed by atoms with E-state index in [0.717, 1.165) is 22.0 Å². The van der Waals surface area contributed by atoms with Crippen molar-refractivity contribution in [3.63, 3.8) is 0 Å². The number of ether oxygens (including phenoxy) is 1. The Labute approximate surface area is 275 Å². The van der Waals surface area contributed by atoms with Gasteiger partial charge < -0.3 is 25.7 Å². The fraction of sp³-hybridized carbons (Fsp3) is 0.457. The minimum absolute atomic E-state index is 0.121. The Bertz CT molecular complexity index is 1490. The van der Waals surface area contributed by atoms with Crippen molar-refractivity contribution in [2.75, 3.05) is 7.11 Å². The summed E-state index contributed by atoms with van der Waals surface area (Å²) in [5.74, 6) is -3.21. The summed E-state index contributed by atoms with van der Waals surface area (Å²) in [6, 6.07) is 14.0. The number of aromatic amines is 1. The molecule has 3 aromatic rings. The van der Waals surface area contributed by atoms with E-state index in [9.17, 15) is 24.0 Å². The van der Waals surface area contributed by atoms with Gasteiger partial charge in [0.05, 0.1) is 20.1 Å². The fourth-order valence-corrected chi connectivity index (χ4v) is 5.04. The number of carbonyl (C=O) groups is 5. The summed E-state index contributed by atoms with van der Waals surface area (Å²) in [6.45, 7) is 7.56. The van der Waals surface area contributed by atoms with E-state index in [1.165, 1.54) is 7.11 Å². The van der Waals surface area contributed by atoms with Crippen LogP contribution in [-0.2, 0) is 46.6 Å². The van der Waals surface area contributed by atoms with Crippen LogP contribution in [0, 0.1) is 11.8 Å². The first-order valence-electron chi connectivity index (χ1n) is 16.0. The number of benzene rings is 2.